The summed E-state index contributed by atoms with van der Waals surface area (Å²) < 4.78 is 5.11. The van der Waals surface area contributed by atoms with Gasteiger partial charge in [0, 0.05) is 23.6 Å². The summed E-state index contributed by atoms with van der Waals surface area (Å²) in [6.07, 6.45) is 2.37. The van der Waals surface area contributed by atoms with Crippen LogP contribution in [0.25, 0.3) is 11.0 Å². The van der Waals surface area contributed by atoms with E-state index in [-0.39, 0.29) is 22.8 Å². The molecular weight excluding hydrogens is 392 g/mol. The van der Waals surface area contributed by atoms with Gasteiger partial charge in [0.1, 0.15) is 5.75 Å². The van der Waals surface area contributed by atoms with E-state index < -0.39 is 6.09 Å². The number of nitrogens with one attached hydrogen (secondary N) is 1. The summed E-state index contributed by atoms with van der Waals surface area (Å²) in [5.74, 6) is 0.472. The van der Waals surface area contributed by atoms with Crippen molar-refractivity contribution in [3.8, 4) is 5.75 Å². The molecule has 1 fully saturated rings. The molecule has 2 aliphatic rings. The molecule has 0 saturated carbocycles. The Morgan fingerprint density at radius 3 is 2.77 bits per heavy atom. The van der Waals surface area contributed by atoms with Crippen LogP contribution in [0.2, 0.25) is 0 Å². The van der Waals surface area contributed by atoms with Gasteiger partial charge in [0.25, 0.3) is 5.91 Å². The van der Waals surface area contributed by atoms with E-state index in [1.165, 1.54) is 5.56 Å². The molecule has 7 heteroatoms. The molecule has 1 saturated heterocycles. The van der Waals surface area contributed by atoms with E-state index in [0.717, 1.165) is 23.0 Å². The predicted molar refractivity (Wildman–Crippen MR) is 117 cm³/mol. The third-order valence-electron chi connectivity index (χ3n) is 7.72. The molecule has 3 aromatic rings. The molecule has 0 radical (unpaired) electrons. The van der Waals surface area contributed by atoms with Crippen LogP contribution in [-0.4, -0.2) is 39.5 Å². The van der Waals surface area contributed by atoms with Crippen LogP contribution < -0.4 is 10.5 Å². The van der Waals surface area contributed by atoms with Crippen LogP contribution in [0.1, 0.15) is 48.7 Å². The SMILES string of the molecule is CC12CCN(C(=O)c3ccc4nc[nH]c4c3)C(Cc3cc(OC(N)=O)ccc31)C2(C)C. The Morgan fingerprint density at radius 1 is 1.19 bits per heavy atom. The van der Waals surface area contributed by atoms with Crippen LogP contribution in [0, 0.1) is 5.41 Å². The number of piperidine rings is 1. The molecule has 1 aliphatic carbocycles. The molecule has 2 aromatic carbocycles. The molecule has 3 N–H and O–H groups in total. The topological polar surface area (TPSA) is 101 Å². The Morgan fingerprint density at radius 2 is 2.00 bits per heavy atom. The van der Waals surface area contributed by atoms with Crippen molar-refractivity contribution in [2.75, 3.05) is 6.54 Å². The van der Waals surface area contributed by atoms with E-state index in [4.69, 9.17) is 10.5 Å². The number of ether oxygens (including phenoxy) is 1. The number of hydrogen-bond acceptors (Lipinski definition) is 4. The van der Waals surface area contributed by atoms with Crippen molar-refractivity contribution in [3.63, 3.8) is 0 Å². The van der Waals surface area contributed by atoms with Gasteiger partial charge in [-0.05, 0) is 59.7 Å². The molecule has 7 nitrogen and oxygen atoms in total. The number of nitrogens with zero attached hydrogens (tertiary/aromatic N) is 2. The smallest absolute Gasteiger partial charge is 0.409 e. The molecule has 2 bridgehead atoms. The third-order valence-corrected chi connectivity index (χ3v) is 7.72. The molecule has 2 unspecified atom stereocenters. The lowest BCUT2D eigenvalue weighted by molar-refractivity contribution is -0.0262. The second-order valence-electron chi connectivity index (χ2n) is 9.40. The Bertz CT molecular complexity index is 1210. The summed E-state index contributed by atoms with van der Waals surface area (Å²) >= 11 is 0. The molecule has 31 heavy (non-hydrogen) atoms. The fourth-order valence-corrected chi connectivity index (χ4v) is 5.57. The average molecular weight is 418 g/mol. The van der Waals surface area contributed by atoms with Gasteiger partial charge >= 0.3 is 6.09 Å². The maximum atomic E-state index is 13.6. The number of benzene rings is 2. The van der Waals surface area contributed by atoms with Crippen molar-refractivity contribution in [1.29, 1.82) is 0 Å². The highest BCUT2D eigenvalue weighted by molar-refractivity contribution is 5.97. The first-order chi connectivity index (χ1) is 14.7. The van der Waals surface area contributed by atoms with Gasteiger partial charge in [-0.3, -0.25) is 4.79 Å². The van der Waals surface area contributed by atoms with Crippen LogP contribution in [-0.2, 0) is 11.8 Å². The van der Waals surface area contributed by atoms with Crippen molar-refractivity contribution in [3.05, 3.63) is 59.4 Å². The number of aromatic amines is 1. The standard InChI is InChI=1S/C24H26N4O3/c1-23(2)20-12-15-10-16(31-22(25)30)5-6-17(15)24(23,3)8-9-28(20)21(29)14-4-7-18-19(11-14)27-13-26-18/h4-7,10-11,13,20H,8-9,12H2,1-3H3,(H2,25,30)(H,26,27). The summed E-state index contributed by atoms with van der Waals surface area (Å²) in [5.41, 5.74) is 9.70. The molecular formula is C24H26N4O3. The highest BCUT2D eigenvalue weighted by Gasteiger charge is 2.56. The fraction of sp³-hybridized carbons (Fsp3) is 0.375. The Labute approximate surface area is 180 Å². The van der Waals surface area contributed by atoms with Crippen LogP contribution >= 0.6 is 0 Å². The van der Waals surface area contributed by atoms with Crippen molar-refractivity contribution < 1.29 is 14.3 Å². The first-order valence-corrected chi connectivity index (χ1v) is 10.6. The van der Waals surface area contributed by atoms with E-state index in [1.807, 2.05) is 35.2 Å². The molecule has 1 aromatic heterocycles. The van der Waals surface area contributed by atoms with E-state index in [2.05, 4.69) is 36.8 Å². The van der Waals surface area contributed by atoms with Crippen LogP contribution in [0.4, 0.5) is 4.79 Å². The van der Waals surface area contributed by atoms with Gasteiger partial charge in [0.05, 0.1) is 17.4 Å². The number of hydrogen-bond donors (Lipinski definition) is 2. The summed E-state index contributed by atoms with van der Waals surface area (Å²) in [6, 6.07) is 11.4. The number of fused-ring (bicyclic) bond motifs is 5. The number of likely N-dealkylation sites (tertiary alicyclic amines) is 1. The minimum atomic E-state index is -0.825. The number of aromatic nitrogens is 2. The Balaban J connectivity index is 1.54. The summed E-state index contributed by atoms with van der Waals surface area (Å²) in [4.78, 5) is 34.1. The highest BCUT2D eigenvalue weighted by atomic mass is 16.5. The van der Waals surface area contributed by atoms with E-state index >= 15 is 0 Å². The molecule has 5 rings (SSSR count). The number of carbonyl (C=O) groups excluding carboxylic acids is 2. The number of imidazole rings is 1. The Hall–Kier alpha value is -3.35. The quantitative estimate of drug-likeness (QED) is 0.661. The summed E-state index contributed by atoms with van der Waals surface area (Å²) in [7, 11) is 0. The zero-order valence-electron chi connectivity index (χ0n) is 17.9. The van der Waals surface area contributed by atoms with Gasteiger partial charge in [-0.2, -0.15) is 0 Å². The van der Waals surface area contributed by atoms with Gasteiger partial charge in [-0.15, -0.1) is 0 Å². The second kappa shape index (κ2) is 6.57. The number of nitrogens with two attached hydrogens (primary N) is 1. The number of primary amides is 1. The zero-order chi connectivity index (χ0) is 22.0. The highest BCUT2D eigenvalue weighted by Crippen LogP contribution is 2.56. The van der Waals surface area contributed by atoms with Crippen molar-refractivity contribution >= 4 is 23.0 Å². The molecule has 2 atom stereocenters. The monoisotopic (exact) mass is 418 g/mol. The fourth-order valence-electron chi connectivity index (χ4n) is 5.57. The minimum absolute atomic E-state index is 0.0209. The van der Waals surface area contributed by atoms with Gasteiger partial charge in [-0.1, -0.05) is 26.8 Å². The molecule has 2 amide bonds. The second-order valence-corrected chi connectivity index (χ2v) is 9.40. The van der Waals surface area contributed by atoms with Gasteiger partial charge < -0.3 is 20.4 Å². The third kappa shape index (κ3) is 2.83. The number of H-pyrrole nitrogens is 1. The summed E-state index contributed by atoms with van der Waals surface area (Å²) in [5, 5.41) is 0. The van der Waals surface area contributed by atoms with E-state index in [1.54, 1.807) is 6.33 Å². The first kappa shape index (κ1) is 19.6. The average Bonchev–Trinajstić information content (AvgIpc) is 3.17. The van der Waals surface area contributed by atoms with Crippen LogP contribution in [0.3, 0.4) is 0 Å². The predicted octanol–water partition coefficient (Wildman–Crippen LogP) is 3.78. The number of carbonyl (C=O) groups is 2. The van der Waals surface area contributed by atoms with Crippen LogP contribution in [0.15, 0.2) is 42.7 Å². The van der Waals surface area contributed by atoms with Gasteiger partial charge in [-0.25, -0.2) is 9.78 Å². The lowest BCUT2D eigenvalue weighted by Gasteiger charge is -2.60. The maximum Gasteiger partial charge on any atom is 0.409 e. The Kier molecular flexibility index (Phi) is 4.16. The lowest BCUT2D eigenvalue weighted by Crippen LogP contribution is -2.64. The van der Waals surface area contributed by atoms with Gasteiger partial charge in [0.2, 0.25) is 0 Å². The van der Waals surface area contributed by atoms with E-state index in [0.29, 0.717) is 24.3 Å². The largest absolute Gasteiger partial charge is 0.410 e. The molecule has 0 spiro atoms. The van der Waals surface area contributed by atoms with E-state index in [9.17, 15) is 9.59 Å². The van der Waals surface area contributed by atoms with Crippen LogP contribution in [0.5, 0.6) is 5.75 Å². The lowest BCUT2D eigenvalue weighted by atomic mass is 9.51. The van der Waals surface area contributed by atoms with Crippen molar-refractivity contribution in [2.45, 2.75) is 45.1 Å². The number of rotatable bonds is 2. The molecule has 160 valence electrons. The summed E-state index contributed by atoms with van der Waals surface area (Å²) in [6.45, 7) is 7.49. The molecule has 2 heterocycles. The van der Waals surface area contributed by atoms with Gasteiger partial charge in [0.15, 0.2) is 0 Å². The normalized spacial score (nSPS) is 24.0. The minimum Gasteiger partial charge on any atom is -0.410 e. The zero-order valence-corrected chi connectivity index (χ0v) is 17.9. The number of amides is 2. The first-order valence-electron chi connectivity index (χ1n) is 10.6. The van der Waals surface area contributed by atoms with Crippen molar-refractivity contribution in [2.24, 2.45) is 11.1 Å². The maximum absolute atomic E-state index is 13.6. The molecule has 1 aliphatic heterocycles. The van der Waals surface area contributed by atoms with Crippen molar-refractivity contribution in [1.82, 2.24) is 14.9 Å².